The molecule has 0 saturated heterocycles. The largest absolute Gasteiger partial charge is 0.380 e. The van der Waals surface area contributed by atoms with E-state index in [1.165, 1.54) is 23.7 Å². The fraction of sp³-hybridized carbons (Fsp3) is 0.692. The third-order valence-corrected chi connectivity index (χ3v) is 3.37. The Hall–Kier alpha value is -1.07. The van der Waals surface area contributed by atoms with Gasteiger partial charge >= 0.3 is 0 Å². The predicted octanol–water partition coefficient (Wildman–Crippen LogP) is 2.14. The molecule has 1 unspecified atom stereocenters. The van der Waals surface area contributed by atoms with Gasteiger partial charge in [-0.3, -0.25) is 4.79 Å². The maximum absolute atomic E-state index is 12.3. The Morgan fingerprint density at radius 2 is 2.37 bits per heavy atom. The molecule has 1 aliphatic rings. The Bertz CT molecular complexity index is 485. The lowest BCUT2D eigenvalue weighted by Gasteiger charge is -2.16. The monoisotopic (exact) mass is 285 g/mol. The smallest absolute Gasteiger partial charge is 0.291 e. The molecule has 0 aliphatic heterocycles. The van der Waals surface area contributed by atoms with E-state index in [0.29, 0.717) is 36.4 Å². The van der Waals surface area contributed by atoms with E-state index >= 15 is 0 Å². The van der Waals surface area contributed by atoms with E-state index in [0.717, 1.165) is 0 Å². The molecular weight excluding hydrogens is 266 g/mol. The molecule has 0 radical (unpaired) electrons. The Labute approximate surface area is 117 Å². The highest BCUT2D eigenvalue weighted by Gasteiger charge is 2.23. The van der Waals surface area contributed by atoms with Crippen LogP contribution < -0.4 is 10.9 Å². The van der Waals surface area contributed by atoms with Crippen LogP contribution in [0.4, 0.5) is 5.69 Å². The summed E-state index contributed by atoms with van der Waals surface area (Å²) < 4.78 is 6.82. The maximum Gasteiger partial charge on any atom is 0.291 e. The van der Waals surface area contributed by atoms with Gasteiger partial charge in [-0.15, -0.1) is 0 Å². The van der Waals surface area contributed by atoms with Crippen molar-refractivity contribution in [2.75, 3.05) is 18.5 Å². The van der Waals surface area contributed by atoms with Gasteiger partial charge in [0.2, 0.25) is 0 Å². The number of hydrogen-bond acceptors (Lipinski definition) is 4. The highest BCUT2D eigenvalue weighted by Crippen LogP contribution is 2.30. The van der Waals surface area contributed by atoms with E-state index in [1.807, 2.05) is 13.8 Å². The number of ether oxygens (including phenoxy) is 1. The minimum atomic E-state index is -0.150. The van der Waals surface area contributed by atoms with Crippen LogP contribution >= 0.6 is 11.6 Å². The van der Waals surface area contributed by atoms with Crippen LogP contribution in [0, 0.1) is 5.92 Å². The summed E-state index contributed by atoms with van der Waals surface area (Å²) >= 11 is 6.05. The van der Waals surface area contributed by atoms with Gasteiger partial charge in [0.05, 0.1) is 17.8 Å². The van der Waals surface area contributed by atoms with Gasteiger partial charge in [-0.2, -0.15) is 5.10 Å². The van der Waals surface area contributed by atoms with E-state index < -0.39 is 0 Å². The number of nitrogens with zero attached hydrogens (tertiary/aromatic N) is 2. The lowest BCUT2D eigenvalue weighted by atomic mass is 10.3. The van der Waals surface area contributed by atoms with Crippen molar-refractivity contribution in [2.24, 2.45) is 5.92 Å². The van der Waals surface area contributed by atoms with E-state index in [1.54, 1.807) is 0 Å². The molecule has 106 valence electrons. The molecule has 0 bridgehead atoms. The summed E-state index contributed by atoms with van der Waals surface area (Å²) in [6.07, 6.45) is 3.89. The minimum absolute atomic E-state index is 0.0296. The van der Waals surface area contributed by atoms with Crippen LogP contribution in [-0.4, -0.2) is 29.0 Å². The third-order valence-electron chi connectivity index (χ3n) is 3.09. The van der Waals surface area contributed by atoms with Gasteiger partial charge < -0.3 is 10.1 Å². The third kappa shape index (κ3) is 3.94. The standard InChI is InChI=1S/C13H20ClN3O2/c1-3-19-8-9(2)16-12-11(14)6-15-17(13(12)18)7-10-4-5-10/h6,9-10,16H,3-5,7-8H2,1-2H3. The number of anilines is 1. The van der Waals surface area contributed by atoms with Gasteiger partial charge in [-0.25, -0.2) is 4.68 Å². The second-order valence-electron chi connectivity index (χ2n) is 5.00. The van der Waals surface area contributed by atoms with Gasteiger partial charge in [0.15, 0.2) is 0 Å². The van der Waals surface area contributed by atoms with E-state index in [-0.39, 0.29) is 11.6 Å². The average Bonchev–Trinajstić information content (AvgIpc) is 3.19. The summed E-state index contributed by atoms with van der Waals surface area (Å²) in [6.45, 7) is 5.77. The predicted molar refractivity (Wildman–Crippen MR) is 75.8 cm³/mol. The summed E-state index contributed by atoms with van der Waals surface area (Å²) in [5.74, 6) is 0.597. The minimum Gasteiger partial charge on any atom is -0.380 e. The van der Waals surface area contributed by atoms with Crippen molar-refractivity contribution in [3.05, 3.63) is 21.6 Å². The molecule has 1 heterocycles. The van der Waals surface area contributed by atoms with Crippen LogP contribution in [0.5, 0.6) is 0 Å². The van der Waals surface area contributed by atoms with Crippen molar-refractivity contribution < 1.29 is 4.74 Å². The van der Waals surface area contributed by atoms with Gasteiger partial charge in [-0.05, 0) is 32.6 Å². The normalized spacial score (nSPS) is 16.4. The molecule has 1 aromatic rings. The molecule has 5 nitrogen and oxygen atoms in total. The fourth-order valence-electron chi connectivity index (χ4n) is 1.86. The van der Waals surface area contributed by atoms with Gasteiger partial charge in [0.1, 0.15) is 5.69 Å². The fourth-order valence-corrected chi connectivity index (χ4v) is 2.04. The van der Waals surface area contributed by atoms with Gasteiger partial charge in [0, 0.05) is 19.2 Å². The van der Waals surface area contributed by atoms with Crippen molar-refractivity contribution >= 4 is 17.3 Å². The van der Waals surface area contributed by atoms with Crippen LogP contribution in [0.1, 0.15) is 26.7 Å². The number of nitrogens with one attached hydrogen (secondary N) is 1. The summed E-state index contributed by atoms with van der Waals surface area (Å²) in [5, 5.41) is 7.57. The average molecular weight is 286 g/mol. The maximum atomic E-state index is 12.3. The second kappa shape index (κ2) is 6.39. The van der Waals surface area contributed by atoms with Crippen LogP contribution in [-0.2, 0) is 11.3 Å². The summed E-state index contributed by atoms with van der Waals surface area (Å²) in [7, 11) is 0. The lowest BCUT2D eigenvalue weighted by molar-refractivity contribution is 0.141. The molecule has 1 saturated carbocycles. The molecule has 2 rings (SSSR count). The van der Waals surface area contributed by atoms with Crippen molar-refractivity contribution in [3.63, 3.8) is 0 Å². The Balaban J connectivity index is 2.11. The number of halogens is 1. The van der Waals surface area contributed by atoms with Gasteiger partial charge in [0.25, 0.3) is 5.56 Å². The molecule has 1 aliphatic carbocycles. The summed E-state index contributed by atoms with van der Waals surface area (Å²) in [5.41, 5.74) is 0.271. The topological polar surface area (TPSA) is 56.1 Å². The van der Waals surface area contributed by atoms with Crippen molar-refractivity contribution in [1.82, 2.24) is 9.78 Å². The molecule has 1 fully saturated rings. The molecule has 1 aromatic heterocycles. The second-order valence-corrected chi connectivity index (χ2v) is 5.41. The first kappa shape index (κ1) is 14.3. The highest BCUT2D eigenvalue weighted by molar-refractivity contribution is 6.33. The van der Waals surface area contributed by atoms with Crippen LogP contribution in [0.25, 0.3) is 0 Å². The van der Waals surface area contributed by atoms with Crippen molar-refractivity contribution in [2.45, 2.75) is 39.3 Å². The molecule has 0 amide bonds. The molecule has 1 N–H and O–H groups in total. The van der Waals surface area contributed by atoms with E-state index in [4.69, 9.17) is 16.3 Å². The lowest BCUT2D eigenvalue weighted by Crippen LogP contribution is -2.31. The number of aromatic nitrogens is 2. The summed E-state index contributed by atoms with van der Waals surface area (Å²) in [6, 6.07) is 0.0296. The number of rotatable bonds is 7. The molecule has 6 heteroatoms. The quantitative estimate of drug-likeness (QED) is 0.834. The first-order chi connectivity index (χ1) is 9.11. The van der Waals surface area contributed by atoms with E-state index in [9.17, 15) is 4.79 Å². The number of hydrogen-bond donors (Lipinski definition) is 1. The molecule has 1 atom stereocenters. The van der Waals surface area contributed by atoms with E-state index in [2.05, 4.69) is 10.4 Å². The Morgan fingerprint density at radius 3 is 3.00 bits per heavy atom. The zero-order chi connectivity index (χ0) is 13.8. The summed E-state index contributed by atoms with van der Waals surface area (Å²) in [4.78, 5) is 12.3. The van der Waals surface area contributed by atoms with Gasteiger partial charge in [-0.1, -0.05) is 11.6 Å². The highest BCUT2D eigenvalue weighted by atomic mass is 35.5. The molecule has 19 heavy (non-hydrogen) atoms. The van der Waals surface area contributed by atoms with Crippen LogP contribution in [0.15, 0.2) is 11.0 Å². The van der Waals surface area contributed by atoms with Crippen molar-refractivity contribution in [3.8, 4) is 0 Å². The zero-order valence-electron chi connectivity index (χ0n) is 11.4. The zero-order valence-corrected chi connectivity index (χ0v) is 12.1. The Kier molecular flexibility index (Phi) is 4.82. The van der Waals surface area contributed by atoms with Crippen molar-refractivity contribution in [1.29, 1.82) is 0 Å². The first-order valence-electron chi connectivity index (χ1n) is 6.71. The van der Waals surface area contributed by atoms with Crippen LogP contribution in [0.2, 0.25) is 5.02 Å². The molecule has 0 aromatic carbocycles. The Morgan fingerprint density at radius 1 is 1.63 bits per heavy atom. The molecule has 0 spiro atoms. The SMILES string of the molecule is CCOCC(C)Nc1c(Cl)cnn(CC2CC2)c1=O. The molecular formula is C13H20ClN3O2. The first-order valence-corrected chi connectivity index (χ1v) is 7.09. The van der Waals surface area contributed by atoms with Crippen LogP contribution in [0.3, 0.4) is 0 Å².